The van der Waals surface area contributed by atoms with E-state index in [1.807, 2.05) is 37.4 Å². The van der Waals surface area contributed by atoms with Crippen LogP contribution in [0.4, 0.5) is 0 Å². The van der Waals surface area contributed by atoms with Gasteiger partial charge in [0.1, 0.15) is 5.82 Å². The molecule has 0 radical (unpaired) electrons. The molecule has 0 saturated heterocycles. The Balaban J connectivity index is 2.27. The third-order valence-electron chi connectivity index (χ3n) is 2.62. The largest absolute Gasteiger partial charge is 0.308 e. The Labute approximate surface area is 102 Å². The summed E-state index contributed by atoms with van der Waals surface area (Å²) in [5, 5.41) is 3.30. The maximum Gasteiger partial charge on any atom is 0.110 e. The third kappa shape index (κ3) is 2.63. The van der Waals surface area contributed by atoms with Gasteiger partial charge in [0.2, 0.25) is 0 Å². The van der Waals surface area contributed by atoms with Crippen molar-refractivity contribution in [1.29, 1.82) is 0 Å². The summed E-state index contributed by atoms with van der Waals surface area (Å²) in [6.07, 6.45) is 3.77. The molecule has 0 saturated carbocycles. The summed E-state index contributed by atoms with van der Waals surface area (Å²) >= 11 is 0. The van der Waals surface area contributed by atoms with Crippen LogP contribution in [0.5, 0.6) is 0 Å². The van der Waals surface area contributed by atoms with Crippen LogP contribution >= 0.6 is 0 Å². The van der Waals surface area contributed by atoms with Crippen LogP contribution in [0.2, 0.25) is 0 Å². The highest BCUT2D eigenvalue weighted by Gasteiger charge is 2.07. The van der Waals surface area contributed by atoms with Gasteiger partial charge in [0.25, 0.3) is 0 Å². The van der Waals surface area contributed by atoms with Crippen molar-refractivity contribution in [2.45, 2.75) is 13.5 Å². The van der Waals surface area contributed by atoms with Crippen molar-refractivity contribution in [2.75, 3.05) is 6.54 Å². The number of rotatable bonds is 5. The fraction of sp³-hybridized carbons (Fsp3) is 0.214. The van der Waals surface area contributed by atoms with Crippen molar-refractivity contribution in [1.82, 2.24) is 14.9 Å². The molecule has 1 aromatic heterocycles. The highest BCUT2D eigenvalue weighted by Crippen LogP contribution is 2.13. The van der Waals surface area contributed by atoms with Crippen LogP contribution in [0.25, 0.3) is 5.69 Å². The Bertz CT molecular complexity index is 485. The summed E-state index contributed by atoms with van der Waals surface area (Å²) in [5.74, 6) is 1.01. The molecular formula is C14H17N3. The Morgan fingerprint density at radius 1 is 1.35 bits per heavy atom. The number of hydrogen-bond donors (Lipinski definition) is 1. The third-order valence-corrected chi connectivity index (χ3v) is 2.62. The van der Waals surface area contributed by atoms with Gasteiger partial charge in [0.15, 0.2) is 0 Å². The Hall–Kier alpha value is -1.87. The van der Waals surface area contributed by atoms with Gasteiger partial charge in [-0.25, -0.2) is 4.98 Å². The second-order valence-electron chi connectivity index (χ2n) is 3.89. The first-order valence-corrected chi connectivity index (χ1v) is 5.73. The molecule has 0 fully saturated rings. The molecule has 0 amide bonds. The quantitative estimate of drug-likeness (QED) is 0.628. The first kappa shape index (κ1) is 11.6. The van der Waals surface area contributed by atoms with E-state index < -0.39 is 0 Å². The topological polar surface area (TPSA) is 29.9 Å². The van der Waals surface area contributed by atoms with Crippen LogP contribution in [-0.4, -0.2) is 16.1 Å². The van der Waals surface area contributed by atoms with Crippen LogP contribution in [-0.2, 0) is 6.54 Å². The lowest BCUT2D eigenvalue weighted by atomic mass is 10.3. The zero-order valence-electron chi connectivity index (χ0n) is 10.1. The minimum absolute atomic E-state index is 0.793. The average molecular weight is 227 g/mol. The molecule has 1 aromatic carbocycles. The Kier molecular flexibility index (Phi) is 3.73. The summed E-state index contributed by atoms with van der Waals surface area (Å²) in [6.45, 7) is 7.31. The lowest BCUT2D eigenvalue weighted by molar-refractivity contribution is 0.720. The molecule has 17 heavy (non-hydrogen) atoms. The van der Waals surface area contributed by atoms with E-state index in [9.17, 15) is 0 Å². The van der Waals surface area contributed by atoms with Crippen molar-refractivity contribution in [3.63, 3.8) is 0 Å². The van der Waals surface area contributed by atoms with E-state index >= 15 is 0 Å². The molecule has 1 heterocycles. The number of aromatic nitrogens is 2. The summed E-state index contributed by atoms with van der Waals surface area (Å²) in [6, 6.07) is 10.3. The van der Waals surface area contributed by atoms with Crippen molar-refractivity contribution in [2.24, 2.45) is 0 Å². The molecule has 3 heteroatoms. The van der Waals surface area contributed by atoms with Gasteiger partial charge in [0, 0.05) is 18.8 Å². The monoisotopic (exact) mass is 227 g/mol. The van der Waals surface area contributed by atoms with Gasteiger partial charge >= 0.3 is 0 Å². The predicted molar refractivity (Wildman–Crippen MR) is 70.2 cm³/mol. The van der Waals surface area contributed by atoms with Crippen molar-refractivity contribution in [3.05, 3.63) is 60.7 Å². The molecule has 0 aliphatic carbocycles. The zero-order valence-corrected chi connectivity index (χ0v) is 10.1. The SMILES string of the molecule is C=CCNCc1cnc(C)n1-c1ccccc1. The van der Waals surface area contributed by atoms with Crippen LogP contribution < -0.4 is 5.32 Å². The maximum absolute atomic E-state index is 4.37. The van der Waals surface area contributed by atoms with Gasteiger partial charge in [0.05, 0.1) is 11.9 Å². The number of nitrogens with zero attached hydrogens (tertiary/aromatic N) is 2. The first-order valence-electron chi connectivity index (χ1n) is 5.73. The molecule has 2 aromatic rings. The van der Waals surface area contributed by atoms with Crippen LogP contribution in [0.1, 0.15) is 11.5 Å². The normalized spacial score (nSPS) is 10.4. The molecule has 0 aliphatic heterocycles. The summed E-state index contributed by atoms with van der Waals surface area (Å²) in [7, 11) is 0. The van der Waals surface area contributed by atoms with Gasteiger partial charge < -0.3 is 5.32 Å². The molecule has 88 valence electrons. The fourth-order valence-corrected chi connectivity index (χ4v) is 1.85. The number of imidazole rings is 1. The zero-order chi connectivity index (χ0) is 12.1. The Morgan fingerprint density at radius 2 is 2.12 bits per heavy atom. The highest BCUT2D eigenvalue weighted by molar-refractivity contribution is 5.35. The molecule has 2 rings (SSSR count). The molecule has 0 unspecified atom stereocenters. The van der Waals surface area contributed by atoms with E-state index in [4.69, 9.17) is 0 Å². The summed E-state index contributed by atoms with van der Waals surface area (Å²) < 4.78 is 2.16. The highest BCUT2D eigenvalue weighted by atomic mass is 15.1. The van der Waals surface area contributed by atoms with Crippen LogP contribution in [0, 0.1) is 6.92 Å². The molecular weight excluding hydrogens is 210 g/mol. The molecule has 3 nitrogen and oxygen atoms in total. The van der Waals surface area contributed by atoms with Crippen LogP contribution in [0.3, 0.4) is 0 Å². The van der Waals surface area contributed by atoms with Crippen molar-refractivity contribution < 1.29 is 0 Å². The number of nitrogens with one attached hydrogen (secondary N) is 1. The molecule has 0 bridgehead atoms. The van der Waals surface area contributed by atoms with E-state index in [1.54, 1.807) is 0 Å². The Morgan fingerprint density at radius 3 is 2.82 bits per heavy atom. The van der Waals surface area contributed by atoms with Crippen molar-refractivity contribution >= 4 is 0 Å². The maximum atomic E-state index is 4.37. The molecule has 0 spiro atoms. The summed E-state index contributed by atoms with van der Waals surface area (Å²) in [5.41, 5.74) is 2.31. The minimum atomic E-state index is 0.793. The fourth-order valence-electron chi connectivity index (χ4n) is 1.85. The van der Waals surface area contributed by atoms with E-state index in [0.717, 1.165) is 30.3 Å². The molecule has 0 atom stereocenters. The van der Waals surface area contributed by atoms with Crippen molar-refractivity contribution in [3.8, 4) is 5.69 Å². The first-order chi connectivity index (χ1) is 8.33. The number of aryl methyl sites for hydroxylation is 1. The van der Waals surface area contributed by atoms with E-state index in [-0.39, 0.29) is 0 Å². The molecule has 1 N–H and O–H groups in total. The van der Waals surface area contributed by atoms with E-state index in [0.29, 0.717) is 0 Å². The summed E-state index contributed by atoms with van der Waals surface area (Å²) in [4.78, 5) is 4.37. The lowest BCUT2D eigenvalue weighted by Crippen LogP contribution is -2.15. The van der Waals surface area contributed by atoms with Crippen LogP contribution in [0.15, 0.2) is 49.2 Å². The lowest BCUT2D eigenvalue weighted by Gasteiger charge is -2.10. The average Bonchev–Trinajstić information content (AvgIpc) is 2.72. The van der Waals surface area contributed by atoms with E-state index in [2.05, 4.69) is 33.6 Å². The number of para-hydroxylation sites is 1. The second-order valence-corrected chi connectivity index (χ2v) is 3.89. The molecule has 0 aliphatic rings. The predicted octanol–water partition coefficient (Wildman–Crippen LogP) is 2.46. The van der Waals surface area contributed by atoms with Gasteiger partial charge in [-0.15, -0.1) is 6.58 Å². The van der Waals surface area contributed by atoms with Gasteiger partial charge in [-0.05, 0) is 19.1 Å². The van der Waals surface area contributed by atoms with Gasteiger partial charge in [-0.1, -0.05) is 24.3 Å². The second kappa shape index (κ2) is 5.46. The standard InChI is InChI=1S/C14H17N3/c1-3-9-15-10-14-11-16-12(2)17(14)13-7-5-4-6-8-13/h3-8,11,15H,1,9-10H2,2H3. The van der Waals surface area contributed by atoms with Gasteiger partial charge in [-0.3, -0.25) is 4.57 Å². The number of hydrogen-bond acceptors (Lipinski definition) is 2. The minimum Gasteiger partial charge on any atom is -0.308 e. The van der Waals surface area contributed by atoms with E-state index in [1.165, 1.54) is 0 Å². The number of benzene rings is 1. The smallest absolute Gasteiger partial charge is 0.110 e. The van der Waals surface area contributed by atoms with Gasteiger partial charge in [-0.2, -0.15) is 0 Å².